The van der Waals surface area contributed by atoms with Crippen molar-refractivity contribution in [2.24, 2.45) is 0 Å². The second-order valence-corrected chi connectivity index (χ2v) is 3.72. The smallest absolute Gasteiger partial charge is 0.310 e. The number of ether oxygens (including phenoxy) is 1. The Hall–Kier alpha value is -1.64. The molecule has 2 aliphatic carbocycles. The van der Waals surface area contributed by atoms with Crippen molar-refractivity contribution in [3.05, 3.63) is 34.9 Å². The van der Waals surface area contributed by atoms with Crippen LogP contribution in [0.4, 0.5) is 0 Å². The van der Waals surface area contributed by atoms with E-state index in [1.807, 2.05) is 12.2 Å². The van der Waals surface area contributed by atoms with Crippen molar-refractivity contribution in [1.29, 1.82) is 5.41 Å². The first kappa shape index (κ1) is 7.74. The molecule has 0 aromatic heterocycles. The fourth-order valence-electron chi connectivity index (χ4n) is 2.30. The molecular formula is C11H9NO2. The van der Waals surface area contributed by atoms with Crippen LogP contribution in [0, 0.1) is 5.41 Å². The number of carbonyl (C=O) groups is 1. The van der Waals surface area contributed by atoms with Crippen LogP contribution in [0.25, 0.3) is 0 Å². The molecule has 0 bridgehead atoms. The second kappa shape index (κ2) is 2.44. The molecule has 1 atom stereocenters. The van der Waals surface area contributed by atoms with E-state index >= 15 is 0 Å². The van der Waals surface area contributed by atoms with Gasteiger partial charge in [0.2, 0.25) is 0 Å². The predicted molar refractivity (Wildman–Crippen MR) is 51.1 cm³/mol. The highest BCUT2D eigenvalue weighted by molar-refractivity contribution is 6.12. The monoisotopic (exact) mass is 187 g/mol. The Morgan fingerprint density at radius 2 is 2.36 bits per heavy atom. The molecule has 1 heterocycles. The van der Waals surface area contributed by atoms with E-state index in [1.54, 1.807) is 6.08 Å². The van der Waals surface area contributed by atoms with Crippen molar-refractivity contribution >= 4 is 11.7 Å². The van der Waals surface area contributed by atoms with Crippen LogP contribution in [0.5, 0.6) is 0 Å². The normalized spacial score (nSPS) is 28.9. The maximum atomic E-state index is 11.1. The quantitative estimate of drug-likeness (QED) is 0.584. The number of fused-ring (bicyclic) bond motifs is 2. The Morgan fingerprint density at radius 1 is 1.50 bits per heavy atom. The Bertz CT molecular complexity index is 440. The van der Waals surface area contributed by atoms with Gasteiger partial charge in [0.1, 0.15) is 6.10 Å². The van der Waals surface area contributed by atoms with Gasteiger partial charge in [-0.2, -0.15) is 0 Å². The minimum atomic E-state index is -0.154. The lowest BCUT2D eigenvalue weighted by atomic mass is 9.96. The van der Waals surface area contributed by atoms with E-state index in [2.05, 4.69) is 0 Å². The average Bonchev–Trinajstić information content (AvgIpc) is 2.60. The molecule has 3 aliphatic rings. The fourth-order valence-corrected chi connectivity index (χ4v) is 2.30. The molecule has 3 rings (SSSR count). The summed E-state index contributed by atoms with van der Waals surface area (Å²) in [7, 11) is 0. The standard InChI is InChI=1S/C11H9NO2/c12-8-3-1-2-6-4-9-7(11(6)8)5-10(13)14-9/h1-3,9,12H,4-5H2. The molecule has 1 unspecified atom stereocenters. The molecule has 1 N–H and O–H groups in total. The van der Waals surface area contributed by atoms with E-state index in [0.29, 0.717) is 12.1 Å². The Morgan fingerprint density at radius 3 is 3.21 bits per heavy atom. The van der Waals surface area contributed by atoms with Crippen LogP contribution in [-0.4, -0.2) is 17.8 Å². The second-order valence-electron chi connectivity index (χ2n) is 3.72. The molecule has 3 nitrogen and oxygen atoms in total. The molecule has 14 heavy (non-hydrogen) atoms. The third kappa shape index (κ3) is 0.867. The van der Waals surface area contributed by atoms with Gasteiger partial charge in [0.05, 0.1) is 12.1 Å². The highest BCUT2D eigenvalue weighted by atomic mass is 16.5. The van der Waals surface area contributed by atoms with Gasteiger partial charge in [0.25, 0.3) is 0 Å². The van der Waals surface area contributed by atoms with Crippen LogP contribution in [0.3, 0.4) is 0 Å². The number of allylic oxidation sites excluding steroid dienone is 4. The summed E-state index contributed by atoms with van der Waals surface area (Å²) in [5.74, 6) is -0.154. The molecule has 1 aliphatic heterocycles. The number of rotatable bonds is 0. The maximum Gasteiger partial charge on any atom is 0.310 e. The summed E-state index contributed by atoms with van der Waals surface area (Å²) in [6.45, 7) is 0. The van der Waals surface area contributed by atoms with Crippen LogP contribution >= 0.6 is 0 Å². The minimum absolute atomic E-state index is 0.0796. The molecule has 1 saturated heterocycles. The zero-order valence-electron chi connectivity index (χ0n) is 7.54. The Balaban J connectivity index is 2.15. The first-order valence-electron chi connectivity index (χ1n) is 4.65. The van der Waals surface area contributed by atoms with Gasteiger partial charge >= 0.3 is 5.97 Å². The molecule has 0 aromatic rings. The van der Waals surface area contributed by atoms with Gasteiger partial charge in [-0.25, -0.2) is 0 Å². The van der Waals surface area contributed by atoms with Crippen molar-refractivity contribution < 1.29 is 9.53 Å². The highest BCUT2D eigenvalue weighted by Crippen LogP contribution is 2.41. The van der Waals surface area contributed by atoms with Gasteiger partial charge in [0, 0.05) is 12.0 Å². The van der Waals surface area contributed by atoms with Crippen molar-refractivity contribution in [3.8, 4) is 0 Å². The molecule has 70 valence electrons. The highest BCUT2D eigenvalue weighted by Gasteiger charge is 2.39. The van der Waals surface area contributed by atoms with E-state index in [4.69, 9.17) is 10.1 Å². The minimum Gasteiger partial charge on any atom is -0.457 e. The number of hydrogen-bond acceptors (Lipinski definition) is 3. The molecule has 0 saturated carbocycles. The topological polar surface area (TPSA) is 50.1 Å². The van der Waals surface area contributed by atoms with E-state index in [9.17, 15) is 4.79 Å². The third-order valence-corrected chi connectivity index (χ3v) is 2.87. The zero-order valence-corrected chi connectivity index (χ0v) is 7.54. The molecule has 0 amide bonds. The number of esters is 1. The largest absolute Gasteiger partial charge is 0.457 e. The molecule has 0 radical (unpaired) electrons. The van der Waals surface area contributed by atoms with Crippen LogP contribution in [0.15, 0.2) is 34.9 Å². The van der Waals surface area contributed by atoms with Crippen molar-refractivity contribution in [1.82, 2.24) is 0 Å². The summed E-state index contributed by atoms with van der Waals surface area (Å²) < 4.78 is 5.16. The summed E-state index contributed by atoms with van der Waals surface area (Å²) >= 11 is 0. The van der Waals surface area contributed by atoms with Gasteiger partial charge in [-0.15, -0.1) is 0 Å². The maximum absolute atomic E-state index is 11.1. The lowest BCUT2D eigenvalue weighted by Gasteiger charge is -2.08. The predicted octanol–water partition coefficient (Wildman–Crippen LogP) is 1.52. The number of nitrogens with one attached hydrogen (secondary N) is 1. The zero-order chi connectivity index (χ0) is 9.71. The van der Waals surface area contributed by atoms with E-state index in [-0.39, 0.29) is 12.1 Å². The summed E-state index contributed by atoms with van der Waals surface area (Å²) in [6, 6.07) is 0. The van der Waals surface area contributed by atoms with Crippen LogP contribution in [-0.2, 0) is 9.53 Å². The number of carbonyl (C=O) groups excluding carboxylic acids is 1. The van der Waals surface area contributed by atoms with E-state index in [1.165, 1.54) is 0 Å². The van der Waals surface area contributed by atoms with Crippen molar-refractivity contribution in [2.45, 2.75) is 18.9 Å². The molecule has 1 fully saturated rings. The molecule has 0 spiro atoms. The van der Waals surface area contributed by atoms with Crippen LogP contribution < -0.4 is 0 Å². The number of hydrogen-bond donors (Lipinski definition) is 1. The first-order valence-corrected chi connectivity index (χ1v) is 4.65. The SMILES string of the molecule is N=C1C=CC=C2CC3OC(=O)CC3=C12. The van der Waals surface area contributed by atoms with E-state index < -0.39 is 0 Å². The van der Waals surface area contributed by atoms with E-state index in [0.717, 1.165) is 23.1 Å². The summed E-state index contributed by atoms with van der Waals surface area (Å²) in [4.78, 5) is 11.1. The summed E-state index contributed by atoms with van der Waals surface area (Å²) in [5, 5.41) is 7.78. The molecular weight excluding hydrogens is 178 g/mol. The summed E-state index contributed by atoms with van der Waals surface area (Å²) in [5.41, 5.74) is 3.61. The van der Waals surface area contributed by atoms with Gasteiger partial charge in [0.15, 0.2) is 0 Å². The van der Waals surface area contributed by atoms with Crippen molar-refractivity contribution in [3.63, 3.8) is 0 Å². The van der Waals surface area contributed by atoms with Gasteiger partial charge in [-0.3, -0.25) is 4.79 Å². The molecule has 3 heteroatoms. The summed E-state index contributed by atoms with van der Waals surface area (Å²) in [6.07, 6.45) is 6.69. The Kier molecular flexibility index (Phi) is 1.35. The van der Waals surface area contributed by atoms with Gasteiger partial charge in [-0.05, 0) is 17.2 Å². The van der Waals surface area contributed by atoms with Crippen molar-refractivity contribution in [2.75, 3.05) is 0 Å². The average molecular weight is 187 g/mol. The lowest BCUT2D eigenvalue weighted by molar-refractivity contribution is -0.141. The van der Waals surface area contributed by atoms with Crippen LogP contribution in [0.2, 0.25) is 0 Å². The van der Waals surface area contributed by atoms with Gasteiger partial charge < -0.3 is 10.1 Å². The third-order valence-electron chi connectivity index (χ3n) is 2.87. The molecule has 0 aromatic carbocycles. The first-order chi connectivity index (χ1) is 6.75. The fraction of sp³-hybridized carbons (Fsp3) is 0.273. The lowest BCUT2D eigenvalue weighted by Crippen LogP contribution is -2.05. The Labute approximate surface area is 81.3 Å². The van der Waals surface area contributed by atoms with Crippen LogP contribution in [0.1, 0.15) is 12.8 Å². The van der Waals surface area contributed by atoms with Gasteiger partial charge in [-0.1, -0.05) is 12.2 Å².